The summed E-state index contributed by atoms with van der Waals surface area (Å²) in [6, 6.07) is 2.23. The second-order valence-corrected chi connectivity index (χ2v) is 5.05. The Kier molecular flexibility index (Phi) is 8.03. The van der Waals surface area contributed by atoms with Gasteiger partial charge in [-0.15, -0.1) is 0 Å². The van der Waals surface area contributed by atoms with Crippen molar-refractivity contribution < 1.29 is 0 Å². The van der Waals surface area contributed by atoms with Crippen molar-refractivity contribution in [3.05, 3.63) is 18.5 Å². The highest BCUT2D eigenvalue weighted by Gasteiger charge is 2.06. The van der Waals surface area contributed by atoms with Crippen molar-refractivity contribution in [2.45, 2.75) is 52.9 Å². The van der Waals surface area contributed by atoms with E-state index in [1.807, 2.05) is 12.4 Å². The minimum atomic E-state index is 1.01. The Bertz CT molecular complexity index is 331. The Labute approximate surface area is 118 Å². The summed E-state index contributed by atoms with van der Waals surface area (Å²) in [5.41, 5.74) is 2.39. The van der Waals surface area contributed by atoms with Crippen molar-refractivity contribution in [1.82, 2.24) is 4.98 Å². The maximum Gasteiger partial charge on any atom is 0.0573 e. The molecule has 3 nitrogen and oxygen atoms in total. The Morgan fingerprint density at radius 3 is 2.26 bits per heavy atom. The second kappa shape index (κ2) is 9.65. The maximum atomic E-state index is 4.37. The number of pyridine rings is 1. The molecule has 0 amide bonds. The van der Waals surface area contributed by atoms with Crippen LogP contribution < -0.4 is 10.2 Å². The smallest absolute Gasteiger partial charge is 0.0573 e. The van der Waals surface area contributed by atoms with Gasteiger partial charge in [-0.1, -0.05) is 33.6 Å². The summed E-state index contributed by atoms with van der Waals surface area (Å²) in [5, 5.41) is 3.41. The van der Waals surface area contributed by atoms with Crippen molar-refractivity contribution in [3.63, 3.8) is 0 Å². The van der Waals surface area contributed by atoms with E-state index in [1.165, 1.54) is 31.4 Å². The molecule has 0 atom stereocenters. The van der Waals surface area contributed by atoms with E-state index in [-0.39, 0.29) is 0 Å². The predicted molar refractivity (Wildman–Crippen MR) is 85.0 cm³/mol. The van der Waals surface area contributed by atoms with E-state index in [4.69, 9.17) is 0 Å². The number of rotatable bonds is 10. The highest BCUT2D eigenvalue weighted by Crippen LogP contribution is 2.19. The van der Waals surface area contributed by atoms with Gasteiger partial charge in [0.1, 0.15) is 0 Å². The topological polar surface area (TPSA) is 28.2 Å². The molecule has 0 aliphatic heterocycles. The van der Waals surface area contributed by atoms with E-state index >= 15 is 0 Å². The predicted octanol–water partition coefficient (Wildman–Crippen LogP) is 4.31. The number of nitrogens with zero attached hydrogens (tertiary/aromatic N) is 2. The summed E-state index contributed by atoms with van der Waals surface area (Å²) >= 11 is 0. The first-order valence-electron chi connectivity index (χ1n) is 7.75. The van der Waals surface area contributed by atoms with Crippen molar-refractivity contribution >= 4 is 11.4 Å². The first kappa shape index (κ1) is 15.8. The van der Waals surface area contributed by atoms with Gasteiger partial charge in [-0.05, 0) is 25.3 Å². The van der Waals surface area contributed by atoms with Gasteiger partial charge in [-0.25, -0.2) is 0 Å². The van der Waals surface area contributed by atoms with Gasteiger partial charge in [0.05, 0.1) is 23.8 Å². The molecule has 108 valence electrons. The van der Waals surface area contributed by atoms with Crippen LogP contribution in [0.3, 0.4) is 0 Å². The molecule has 0 saturated heterocycles. The summed E-state index contributed by atoms with van der Waals surface area (Å²) in [7, 11) is 0. The van der Waals surface area contributed by atoms with Crippen LogP contribution in [0.2, 0.25) is 0 Å². The zero-order valence-electron chi connectivity index (χ0n) is 12.8. The summed E-state index contributed by atoms with van der Waals surface area (Å²) in [4.78, 5) is 6.84. The summed E-state index contributed by atoms with van der Waals surface area (Å²) in [5.74, 6) is 0. The lowest BCUT2D eigenvalue weighted by molar-refractivity contribution is 0.677. The molecule has 3 heteroatoms. The Hall–Kier alpha value is -1.25. The lowest BCUT2D eigenvalue weighted by Crippen LogP contribution is -2.25. The van der Waals surface area contributed by atoms with Gasteiger partial charge in [0, 0.05) is 19.6 Å². The lowest BCUT2D eigenvalue weighted by Gasteiger charge is -2.24. The fraction of sp³-hybridized carbons (Fsp3) is 0.688. The molecule has 1 rings (SSSR count). The fourth-order valence-corrected chi connectivity index (χ4v) is 2.03. The Balaban J connectivity index is 2.69. The molecule has 0 fully saturated rings. The maximum absolute atomic E-state index is 4.37. The van der Waals surface area contributed by atoms with Crippen LogP contribution in [-0.2, 0) is 0 Å². The molecule has 0 spiro atoms. The van der Waals surface area contributed by atoms with Crippen LogP contribution in [0.5, 0.6) is 0 Å². The molecule has 0 saturated carbocycles. The van der Waals surface area contributed by atoms with Crippen molar-refractivity contribution in [1.29, 1.82) is 0 Å². The second-order valence-electron chi connectivity index (χ2n) is 5.05. The highest BCUT2D eigenvalue weighted by molar-refractivity contribution is 5.55. The average Bonchev–Trinajstić information content (AvgIpc) is 2.45. The zero-order valence-corrected chi connectivity index (χ0v) is 12.8. The molecule has 0 bridgehead atoms. The lowest BCUT2D eigenvalue weighted by atomic mass is 10.2. The van der Waals surface area contributed by atoms with Crippen molar-refractivity contribution in [3.8, 4) is 0 Å². The number of anilines is 2. The first-order chi connectivity index (χ1) is 9.31. The van der Waals surface area contributed by atoms with E-state index in [9.17, 15) is 0 Å². The van der Waals surface area contributed by atoms with Gasteiger partial charge in [-0.3, -0.25) is 4.98 Å². The van der Waals surface area contributed by atoms with Gasteiger partial charge in [-0.2, -0.15) is 0 Å². The zero-order chi connectivity index (χ0) is 13.9. The van der Waals surface area contributed by atoms with Crippen LogP contribution >= 0.6 is 0 Å². The van der Waals surface area contributed by atoms with Gasteiger partial charge in [0.2, 0.25) is 0 Å². The molecular formula is C16H29N3. The standard InChI is InChI=1S/C16H29N3/c1-4-7-10-19(11-8-5-2)16-12-15(13-17-14-16)18-9-6-3/h12-14,18H,4-11H2,1-3H3. The monoisotopic (exact) mass is 263 g/mol. The number of nitrogens with one attached hydrogen (secondary N) is 1. The molecule has 19 heavy (non-hydrogen) atoms. The molecule has 1 aromatic heterocycles. The number of unbranched alkanes of at least 4 members (excludes halogenated alkanes) is 2. The number of hydrogen-bond donors (Lipinski definition) is 1. The normalized spacial score (nSPS) is 10.5. The average molecular weight is 263 g/mol. The highest BCUT2D eigenvalue weighted by atomic mass is 15.1. The summed E-state index contributed by atoms with van der Waals surface area (Å²) in [6.45, 7) is 9.95. The van der Waals surface area contributed by atoms with E-state index in [0.717, 1.165) is 31.7 Å². The third kappa shape index (κ3) is 5.95. The van der Waals surface area contributed by atoms with Crippen LogP contribution in [0.4, 0.5) is 11.4 Å². The molecule has 1 aromatic rings. The molecular weight excluding hydrogens is 234 g/mol. The molecule has 0 aromatic carbocycles. The van der Waals surface area contributed by atoms with Gasteiger partial charge >= 0.3 is 0 Å². The van der Waals surface area contributed by atoms with Crippen LogP contribution in [0, 0.1) is 0 Å². The van der Waals surface area contributed by atoms with Crippen LogP contribution in [0.1, 0.15) is 52.9 Å². The van der Waals surface area contributed by atoms with Crippen molar-refractivity contribution in [2.24, 2.45) is 0 Å². The number of aromatic nitrogens is 1. The SMILES string of the molecule is CCCCN(CCCC)c1cncc(NCCC)c1. The first-order valence-corrected chi connectivity index (χ1v) is 7.75. The third-order valence-electron chi connectivity index (χ3n) is 3.23. The Morgan fingerprint density at radius 1 is 1.00 bits per heavy atom. The van der Waals surface area contributed by atoms with Gasteiger partial charge < -0.3 is 10.2 Å². The molecule has 0 unspecified atom stereocenters. The van der Waals surface area contributed by atoms with E-state index in [0.29, 0.717) is 0 Å². The molecule has 0 radical (unpaired) electrons. The quantitative estimate of drug-likeness (QED) is 0.682. The molecule has 1 heterocycles. The summed E-state index contributed by atoms with van der Waals surface area (Å²) in [6.07, 6.45) is 10.0. The minimum absolute atomic E-state index is 1.01. The molecule has 0 aliphatic rings. The van der Waals surface area contributed by atoms with Crippen LogP contribution in [0.25, 0.3) is 0 Å². The van der Waals surface area contributed by atoms with Gasteiger partial charge in [0.25, 0.3) is 0 Å². The minimum Gasteiger partial charge on any atom is -0.384 e. The van der Waals surface area contributed by atoms with Crippen molar-refractivity contribution in [2.75, 3.05) is 29.9 Å². The van der Waals surface area contributed by atoms with Crippen LogP contribution in [-0.4, -0.2) is 24.6 Å². The third-order valence-corrected chi connectivity index (χ3v) is 3.23. The van der Waals surface area contributed by atoms with E-state index < -0.39 is 0 Å². The van der Waals surface area contributed by atoms with Crippen LogP contribution in [0.15, 0.2) is 18.5 Å². The fourth-order valence-electron chi connectivity index (χ4n) is 2.03. The van der Waals surface area contributed by atoms with Gasteiger partial charge in [0.15, 0.2) is 0 Å². The van der Waals surface area contributed by atoms with E-state index in [2.05, 4.69) is 42.0 Å². The molecule has 0 aliphatic carbocycles. The summed E-state index contributed by atoms with van der Waals surface area (Å²) < 4.78 is 0. The largest absolute Gasteiger partial charge is 0.384 e. The van der Waals surface area contributed by atoms with E-state index in [1.54, 1.807) is 0 Å². The number of hydrogen-bond acceptors (Lipinski definition) is 3. The molecule has 1 N–H and O–H groups in total. The Morgan fingerprint density at radius 2 is 1.68 bits per heavy atom.